The number of Topliss-reactive ketones (excluding diaryl/α,β-unsaturated/α-hetero) is 1. The molecule has 1 aliphatic heterocycles. The molecule has 1 aromatic heterocycles. The predicted octanol–water partition coefficient (Wildman–Crippen LogP) is 4.19. The molecule has 3 nitrogen and oxygen atoms in total. The number of para-hydroxylation sites is 1. The van der Waals surface area contributed by atoms with E-state index in [1.165, 1.54) is 19.3 Å². The molecule has 2 heterocycles. The number of fused-ring (bicyclic) bond motifs is 1. The Kier molecular flexibility index (Phi) is 3.62. The number of likely N-dealkylation sites (tertiary alicyclic amines) is 1. The molecule has 1 saturated heterocycles. The van der Waals surface area contributed by atoms with E-state index in [0.717, 1.165) is 29.6 Å². The first-order valence-corrected chi connectivity index (χ1v) is 7.79. The molecule has 1 aliphatic rings. The summed E-state index contributed by atoms with van der Waals surface area (Å²) in [6, 6.07) is 7.89. The zero-order valence-corrected chi connectivity index (χ0v) is 13.1. The van der Waals surface area contributed by atoms with Crippen molar-refractivity contribution >= 4 is 16.8 Å². The summed E-state index contributed by atoms with van der Waals surface area (Å²) in [5, 5.41) is 1.01. The van der Waals surface area contributed by atoms with Gasteiger partial charge in [0.05, 0.1) is 5.54 Å². The molecule has 3 heteroatoms. The van der Waals surface area contributed by atoms with Gasteiger partial charge in [-0.05, 0) is 58.3 Å². The van der Waals surface area contributed by atoms with Crippen LogP contribution in [0.5, 0.6) is 0 Å². The highest BCUT2D eigenvalue weighted by Crippen LogP contribution is 2.29. The maximum atomic E-state index is 12.9. The molecule has 21 heavy (non-hydrogen) atoms. The Morgan fingerprint density at radius 1 is 1.19 bits per heavy atom. The van der Waals surface area contributed by atoms with Crippen molar-refractivity contribution in [1.82, 2.24) is 4.90 Å². The number of ketones is 1. The van der Waals surface area contributed by atoms with E-state index in [1.807, 2.05) is 45.0 Å². The second-order valence-corrected chi connectivity index (χ2v) is 6.54. The van der Waals surface area contributed by atoms with Crippen molar-refractivity contribution in [2.45, 2.75) is 45.6 Å². The zero-order chi connectivity index (χ0) is 15.0. The van der Waals surface area contributed by atoms with Crippen LogP contribution in [0.25, 0.3) is 11.0 Å². The monoisotopic (exact) mass is 285 g/mol. The SMILES string of the molecule is Cc1cccc2cc(C(=O)C(C)(C)N3CCCCC3)oc12. The molecule has 0 spiro atoms. The fraction of sp³-hybridized carbons (Fsp3) is 0.500. The van der Waals surface area contributed by atoms with Gasteiger partial charge in [0.25, 0.3) is 0 Å². The Labute approximate surface area is 125 Å². The fourth-order valence-electron chi connectivity index (χ4n) is 3.22. The number of benzene rings is 1. The van der Waals surface area contributed by atoms with Crippen LogP contribution in [0, 0.1) is 6.92 Å². The fourth-order valence-corrected chi connectivity index (χ4v) is 3.22. The first-order valence-electron chi connectivity index (χ1n) is 7.79. The lowest BCUT2D eigenvalue weighted by atomic mass is 9.92. The van der Waals surface area contributed by atoms with E-state index in [-0.39, 0.29) is 5.78 Å². The highest BCUT2D eigenvalue weighted by molar-refractivity contribution is 6.03. The Morgan fingerprint density at radius 3 is 2.57 bits per heavy atom. The van der Waals surface area contributed by atoms with E-state index in [9.17, 15) is 4.79 Å². The first-order chi connectivity index (χ1) is 10.00. The minimum absolute atomic E-state index is 0.0833. The molecule has 1 aromatic carbocycles. The second-order valence-electron chi connectivity index (χ2n) is 6.54. The summed E-state index contributed by atoms with van der Waals surface area (Å²) in [6.45, 7) is 8.03. The molecule has 0 atom stereocenters. The Hall–Kier alpha value is -1.61. The number of carbonyl (C=O) groups excluding carboxylic acids is 1. The Morgan fingerprint density at radius 2 is 1.90 bits per heavy atom. The van der Waals surface area contributed by atoms with Crippen molar-refractivity contribution < 1.29 is 9.21 Å². The van der Waals surface area contributed by atoms with E-state index in [4.69, 9.17) is 4.42 Å². The van der Waals surface area contributed by atoms with Crippen LogP contribution >= 0.6 is 0 Å². The van der Waals surface area contributed by atoms with Crippen molar-refractivity contribution in [2.24, 2.45) is 0 Å². The minimum atomic E-state index is -0.498. The van der Waals surface area contributed by atoms with Gasteiger partial charge >= 0.3 is 0 Å². The Bertz CT molecular complexity index is 663. The average Bonchev–Trinajstić information content (AvgIpc) is 2.93. The van der Waals surface area contributed by atoms with Crippen LogP contribution < -0.4 is 0 Å². The summed E-state index contributed by atoms with van der Waals surface area (Å²) in [4.78, 5) is 15.2. The zero-order valence-electron chi connectivity index (χ0n) is 13.1. The molecule has 0 radical (unpaired) electrons. The number of carbonyl (C=O) groups is 1. The van der Waals surface area contributed by atoms with Gasteiger partial charge in [-0.15, -0.1) is 0 Å². The summed E-state index contributed by atoms with van der Waals surface area (Å²) >= 11 is 0. The standard InChI is InChI=1S/C18H23NO2/c1-13-8-7-9-14-12-15(21-16(13)14)17(20)18(2,3)19-10-5-4-6-11-19/h7-9,12H,4-6,10-11H2,1-3H3. The normalized spacial score (nSPS) is 17.3. The summed E-state index contributed by atoms with van der Waals surface area (Å²) in [7, 11) is 0. The topological polar surface area (TPSA) is 33.5 Å². The van der Waals surface area contributed by atoms with E-state index in [0.29, 0.717) is 5.76 Å². The molecule has 0 bridgehead atoms. The van der Waals surface area contributed by atoms with Crippen molar-refractivity contribution in [1.29, 1.82) is 0 Å². The maximum absolute atomic E-state index is 12.9. The lowest BCUT2D eigenvalue weighted by Gasteiger charge is -2.39. The van der Waals surface area contributed by atoms with Crippen LogP contribution in [-0.4, -0.2) is 29.3 Å². The number of aryl methyl sites for hydroxylation is 1. The third-order valence-electron chi connectivity index (χ3n) is 4.67. The largest absolute Gasteiger partial charge is 0.453 e. The van der Waals surface area contributed by atoms with E-state index >= 15 is 0 Å². The van der Waals surface area contributed by atoms with Gasteiger partial charge in [0, 0.05) is 5.39 Å². The van der Waals surface area contributed by atoms with Gasteiger partial charge in [-0.25, -0.2) is 0 Å². The van der Waals surface area contributed by atoms with Crippen LogP contribution in [-0.2, 0) is 0 Å². The van der Waals surface area contributed by atoms with Gasteiger partial charge in [-0.1, -0.05) is 24.6 Å². The number of furan rings is 1. The minimum Gasteiger partial charge on any atom is -0.453 e. The van der Waals surface area contributed by atoms with Gasteiger partial charge in [-0.2, -0.15) is 0 Å². The molecule has 0 amide bonds. The molecule has 1 fully saturated rings. The average molecular weight is 285 g/mol. The molecule has 112 valence electrons. The molecular formula is C18H23NO2. The van der Waals surface area contributed by atoms with Crippen molar-refractivity contribution in [3.05, 3.63) is 35.6 Å². The molecule has 0 N–H and O–H groups in total. The quantitative estimate of drug-likeness (QED) is 0.793. The second kappa shape index (κ2) is 5.30. The van der Waals surface area contributed by atoms with Gasteiger partial charge in [-0.3, -0.25) is 9.69 Å². The summed E-state index contributed by atoms with van der Waals surface area (Å²) < 4.78 is 5.86. The summed E-state index contributed by atoms with van der Waals surface area (Å²) in [5.74, 6) is 0.565. The Balaban J connectivity index is 1.93. The van der Waals surface area contributed by atoms with Crippen LogP contribution in [0.15, 0.2) is 28.7 Å². The lowest BCUT2D eigenvalue weighted by Crippen LogP contribution is -2.52. The van der Waals surface area contributed by atoms with E-state index < -0.39 is 5.54 Å². The summed E-state index contributed by atoms with van der Waals surface area (Å²) in [5.41, 5.74) is 1.40. The number of rotatable bonds is 3. The molecule has 0 saturated carbocycles. The predicted molar refractivity (Wildman–Crippen MR) is 84.8 cm³/mol. The van der Waals surface area contributed by atoms with Gasteiger partial charge < -0.3 is 4.42 Å². The maximum Gasteiger partial charge on any atom is 0.217 e. The molecule has 0 aliphatic carbocycles. The smallest absolute Gasteiger partial charge is 0.217 e. The molecule has 3 rings (SSSR count). The van der Waals surface area contributed by atoms with E-state index in [2.05, 4.69) is 4.90 Å². The third kappa shape index (κ3) is 2.51. The van der Waals surface area contributed by atoms with Crippen LogP contribution in [0.1, 0.15) is 49.2 Å². The van der Waals surface area contributed by atoms with Crippen LogP contribution in [0.2, 0.25) is 0 Å². The lowest BCUT2D eigenvalue weighted by molar-refractivity contribution is 0.0553. The molecule has 0 unspecified atom stereocenters. The van der Waals surface area contributed by atoms with Gasteiger partial charge in [0.15, 0.2) is 5.76 Å². The van der Waals surface area contributed by atoms with Crippen molar-refractivity contribution in [2.75, 3.05) is 13.1 Å². The third-order valence-corrected chi connectivity index (χ3v) is 4.67. The van der Waals surface area contributed by atoms with Gasteiger partial charge in [0.1, 0.15) is 5.58 Å². The number of hydrogen-bond acceptors (Lipinski definition) is 3. The van der Waals surface area contributed by atoms with E-state index in [1.54, 1.807) is 0 Å². The molecular weight excluding hydrogens is 262 g/mol. The summed E-state index contributed by atoms with van der Waals surface area (Å²) in [6.07, 6.45) is 3.62. The van der Waals surface area contributed by atoms with Crippen LogP contribution in [0.4, 0.5) is 0 Å². The molecule has 2 aromatic rings. The van der Waals surface area contributed by atoms with Crippen molar-refractivity contribution in [3.63, 3.8) is 0 Å². The first kappa shape index (κ1) is 14.3. The highest BCUT2D eigenvalue weighted by Gasteiger charge is 2.37. The van der Waals surface area contributed by atoms with Crippen molar-refractivity contribution in [3.8, 4) is 0 Å². The number of nitrogens with zero attached hydrogens (tertiary/aromatic N) is 1. The van der Waals surface area contributed by atoms with Crippen LogP contribution in [0.3, 0.4) is 0 Å². The highest BCUT2D eigenvalue weighted by atomic mass is 16.3. The number of hydrogen-bond donors (Lipinski definition) is 0. The van der Waals surface area contributed by atoms with Gasteiger partial charge in [0.2, 0.25) is 5.78 Å². The number of piperidine rings is 1.